The molecule has 1 unspecified atom stereocenters. The minimum absolute atomic E-state index is 0.205. The fraction of sp³-hybridized carbons (Fsp3) is 0.333. The third-order valence-corrected chi connectivity index (χ3v) is 5.62. The largest absolute Gasteiger partial charge is 0.466 e. The highest BCUT2D eigenvalue weighted by Crippen LogP contribution is 2.32. The molecule has 0 aliphatic rings. The van der Waals surface area contributed by atoms with Gasteiger partial charge in [0.25, 0.3) is 0 Å². The van der Waals surface area contributed by atoms with Gasteiger partial charge in [-0.15, -0.1) is 11.8 Å². The zero-order chi connectivity index (χ0) is 14.4. The van der Waals surface area contributed by atoms with Gasteiger partial charge in [-0.2, -0.15) is 0 Å². The lowest BCUT2D eigenvalue weighted by molar-refractivity contribution is 0.433. The molecule has 0 aliphatic carbocycles. The molecule has 0 saturated heterocycles. The second-order valence-electron chi connectivity index (χ2n) is 4.38. The number of halogens is 2. The summed E-state index contributed by atoms with van der Waals surface area (Å²) < 4.78 is 7.77. The number of furan rings is 1. The highest BCUT2D eigenvalue weighted by atomic mass is 79.9. The lowest BCUT2D eigenvalue weighted by Crippen LogP contribution is -2.24. The van der Waals surface area contributed by atoms with E-state index in [1.807, 2.05) is 23.9 Å². The maximum Gasteiger partial charge on any atom is 0.135 e. The van der Waals surface area contributed by atoms with Crippen molar-refractivity contribution in [1.82, 2.24) is 5.32 Å². The van der Waals surface area contributed by atoms with Gasteiger partial charge in [-0.3, -0.25) is 0 Å². The van der Waals surface area contributed by atoms with Crippen molar-refractivity contribution in [3.05, 3.63) is 51.3 Å². The monoisotopic (exact) mass is 417 g/mol. The predicted octanol–water partition coefficient (Wildman–Crippen LogP) is 5.64. The molecular weight excluding hydrogens is 402 g/mol. The standard InChI is InChI=1S/C15H17Br2NOS/c1-2-8-18-13(15-12(17)7-9-19-15)10-20-14-6-4-3-5-11(14)16/h3-7,9,13,18H,2,8,10H2,1H3. The Bertz CT molecular complexity index is 544. The van der Waals surface area contributed by atoms with Crippen molar-refractivity contribution >= 4 is 43.6 Å². The molecule has 0 bridgehead atoms. The number of hydrogen-bond acceptors (Lipinski definition) is 3. The zero-order valence-corrected chi connectivity index (χ0v) is 15.2. The Hall–Kier alpha value is -0.230. The molecule has 5 heteroatoms. The van der Waals surface area contributed by atoms with E-state index in [2.05, 4.69) is 62.3 Å². The van der Waals surface area contributed by atoms with Crippen LogP contribution >= 0.6 is 43.6 Å². The minimum atomic E-state index is 0.205. The molecule has 1 atom stereocenters. The summed E-state index contributed by atoms with van der Waals surface area (Å²) in [6.45, 7) is 3.15. The SMILES string of the molecule is CCCNC(CSc1ccccc1Br)c1occc1Br. The fourth-order valence-corrected chi connectivity index (χ4v) is 3.94. The van der Waals surface area contributed by atoms with Gasteiger partial charge in [0.05, 0.1) is 16.8 Å². The molecule has 1 heterocycles. The third kappa shape index (κ3) is 4.38. The summed E-state index contributed by atoms with van der Waals surface area (Å²) in [4.78, 5) is 1.25. The van der Waals surface area contributed by atoms with Gasteiger partial charge in [0.1, 0.15) is 5.76 Å². The molecule has 20 heavy (non-hydrogen) atoms. The van der Waals surface area contributed by atoms with Crippen molar-refractivity contribution in [1.29, 1.82) is 0 Å². The van der Waals surface area contributed by atoms with E-state index in [4.69, 9.17) is 4.42 Å². The first-order chi connectivity index (χ1) is 9.72. The van der Waals surface area contributed by atoms with Gasteiger partial charge in [0.2, 0.25) is 0 Å². The molecule has 0 spiro atoms. The minimum Gasteiger partial charge on any atom is -0.466 e. The van der Waals surface area contributed by atoms with E-state index in [0.717, 1.165) is 33.4 Å². The van der Waals surface area contributed by atoms with Gasteiger partial charge in [0.15, 0.2) is 0 Å². The maximum atomic E-state index is 5.61. The fourth-order valence-electron chi connectivity index (χ4n) is 1.83. The quantitative estimate of drug-likeness (QED) is 0.589. The van der Waals surface area contributed by atoms with Gasteiger partial charge >= 0.3 is 0 Å². The summed E-state index contributed by atoms with van der Waals surface area (Å²) in [5, 5.41) is 3.54. The molecule has 0 amide bonds. The molecular formula is C15H17Br2NOS. The molecule has 1 N–H and O–H groups in total. The van der Waals surface area contributed by atoms with Crippen molar-refractivity contribution in [3.63, 3.8) is 0 Å². The van der Waals surface area contributed by atoms with Crippen LogP contribution in [0.4, 0.5) is 0 Å². The first-order valence-corrected chi connectivity index (χ1v) is 9.13. The van der Waals surface area contributed by atoms with Gasteiger partial charge in [0, 0.05) is 15.1 Å². The van der Waals surface area contributed by atoms with Crippen molar-refractivity contribution in [2.24, 2.45) is 0 Å². The average molecular weight is 419 g/mol. The van der Waals surface area contributed by atoms with E-state index in [-0.39, 0.29) is 6.04 Å². The molecule has 1 aromatic heterocycles. The third-order valence-electron chi connectivity index (χ3n) is 2.84. The van der Waals surface area contributed by atoms with E-state index in [0.29, 0.717) is 0 Å². The number of hydrogen-bond donors (Lipinski definition) is 1. The molecule has 2 rings (SSSR count). The summed E-state index contributed by atoms with van der Waals surface area (Å²) in [7, 11) is 0. The molecule has 1 aromatic carbocycles. The number of nitrogens with one attached hydrogen (secondary N) is 1. The topological polar surface area (TPSA) is 25.2 Å². The van der Waals surface area contributed by atoms with Crippen molar-refractivity contribution in [3.8, 4) is 0 Å². The molecule has 108 valence electrons. The first-order valence-electron chi connectivity index (χ1n) is 6.56. The molecule has 2 nitrogen and oxygen atoms in total. The van der Waals surface area contributed by atoms with Crippen molar-refractivity contribution < 1.29 is 4.42 Å². The maximum absolute atomic E-state index is 5.61. The van der Waals surface area contributed by atoms with E-state index >= 15 is 0 Å². The van der Waals surface area contributed by atoms with Crippen LogP contribution in [0, 0.1) is 0 Å². The summed E-state index contributed by atoms with van der Waals surface area (Å²) >= 11 is 8.96. The number of benzene rings is 1. The van der Waals surface area contributed by atoms with E-state index in [1.165, 1.54) is 4.90 Å². The predicted molar refractivity (Wildman–Crippen MR) is 92.3 cm³/mol. The van der Waals surface area contributed by atoms with Crippen LogP contribution < -0.4 is 5.32 Å². The highest BCUT2D eigenvalue weighted by Gasteiger charge is 2.18. The van der Waals surface area contributed by atoms with Crippen LogP contribution in [-0.2, 0) is 0 Å². The Kier molecular flexibility index (Phi) is 6.68. The normalized spacial score (nSPS) is 12.6. The first kappa shape index (κ1) is 16.1. The van der Waals surface area contributed by atoms with Gasteiger partial charge in [-0.1, -0.05) is 19.1 Å². The van der Waals surface area contributed by atoms with Crippen LogP contribution in [0.15, 0.2) is 54.9 Å². The van der Waals surface area contributed by atoms with Crippen LogP contribution in [-0.4, -0.2) is 12.3 Å². The molecule has 0 radical (unpaired) electrons. The van der Waals surface area contributed by atoms with Gasteiger partial charge in [-0.25, -0.2) is 0 Å². The average Bonchev–Trinajstić information content (AvgIpc) is 2.87. The number of thioether (sulfide) groups is 1. The molecule has 0 fully saturated rings. The summed E-state index contributed by atoms with van der Waals surface area (Å²) in [6, 6.07) is 10.4. The lowest BCUT2D eigenvalue weighted by Gasteiger charge is -2.17. The molecule has 2 aromatic rings. The smallest absolute Gasteiger partial charge is 0.135 e. The Labute approximate surface area is 141 Å². The summed E-state index contributed by atoms with van der Waals surface area (Å²) in [5.74, 6) is 1.90. The van der Waals surface area contributed by atoms with Gasteiger partial charge in [-0.05, 0) is 63.0 Å². The highest BCUT2D eigenvalue weighted by molar-refractivity contribution is 9.10. The van der Waals surface area contributed by atoms with E-state index in [9.17, 15) is 0 Å². The Balaban J connectivity index is 2.05. The zero-order valence-electron chi connectivity index (χ0n) is 11.2. The Morgan fingerprint density at radius 2 is 2.00 bits per heavy atom. The van der Waals surface area contributed by atoms with E-state index < -0.39 is 0 Å². The lowest BCUT2D eigenvalue weighted by atomic mass is 10.2. The summed E-state index contributed by atoms with van der Waals surface area (Å²) in [5.41, 5.74) is 0. The second-order valence-corrected chi connectivity index (χ2v) is 7.15. The van der Waals surface area contributed by atoms with Crippen LogP contribution in [0.3, 0.4) is 0 Å². The van der Waals surface area contributed by atoms with Gasteiger partial charge < -0.3 is 9.73 Å². The van der Waals surface area contributed by atoms with Crippen LogP contribution in [0.25, 0.3) is 0 Å². The van der Waals surface area contributed by atoms with Crippen molar-refractivity contribution in [2.45, 2.75) is 24.3 Å². The number of rotatable bonds is 7. The van der Waals surface area contributed by atoms with Crippen LogP contribution in [0.1, 0.15) is 25.1 Å². The van der Waals surface area contributed by atoms with E-state index in [1.54, 1.807) is 6.26 Å². The second kappa shape index (κ2) is 8.27. The Morgan fingerprint density at radius 1 is 1.20 bits per heavy atom. The van der Waals surface area contributed by atoms with Crippen molar-refractivity contribution in [2.75, 3.05) is 12.3 Å². The summed E-state index contributed by atoms with van der Waals surface area (Å²) in [6.07, 6.45) is 2.83. The molecule has 0 aliphatic heterocycles. The molecule has 0 saturated carbocycles. The van der Waals surface area contributed by atoms with Crippen LogP contribution in [0.2, 0.25) is 0 Å². The van der Waals surface area contributed by atoms with Crippen LogP contribution in [0.5, 0.6) is 0 Å². The Morgan fingerprint density at radius 3 is 2.65 bits per heavy atom.